The smallest absolute Gasteiger partial charge is 0.402 e. The largest absolute Gasteiger partial charge is 0.469 e. The molecule has 13 heteroatoms. The predicted molar refractivity (Wildman–Crippen MR) is 129 cm³/mol. The standard InChI is InChI=1S/C25H23F2N3O7S/c1-36-23(31)19-14-11-15(20(19)24(32)37-12-25(26,27)38(33,34)35)18-17(14)21(13-7-3-2-4-8-13)29-30-22(18)16-9-5-6-10-28-16/h2-10,14-15,17,19-20,30H,11-12H2,1H3,(H,33,34,35). The molecule has 200 valence electrons. The van der Waals surface area contributed by atoms with E-state index < -0.39 is 63.5 Å². The summed E-state index contributed by atoms with van der Waals surface area (Å²) in [5.74, 6) is -5.72. The van der Waals surface area contributed by atoms with Gasteiger partial charge in [-0.25, -0.2) is 0 Å². The third-order valence-electron chi connectivity index (χ3n) is 7.34. The molecule has 5 rings (SSSR count). The molecule has 38 heavy (non-hydrogen) atoms. The van der Waals surface area contributed by atoms with E-state index in [1.54, 1.807) is 24.4 Å². The maximum absolute atomic E-state index is 13.8. The van der Waals surface area contributed by atoms with Crippen LogP contribution in [0, 0.1) is 29.6 Å². The Balaban J connectivity index is 1.58. The zero-order valence-corrected chi connectivity index (χ0v) is 20.8. The van der Waals surface area contributed by atoms with Crippen molar-refractivity contribution < 1.29 is 40.8 Å². The number of benzene rings is 1. The highest BCUT2D eigenvalue weighted by Gasteiger charge is 2.64. The fourth-order valence-electron chi connectivity index (χ4n) is 5.83. The SMILES string of the molecule is COC(=O)C1C2CC(C3=C(c4ccccn4)NN=C(c4ccccc4)C32)C1C(=O)OCC(F)(F)S(=O)(=O)O. The first-order valence-corrected chi connectivity index (χ1v) is 13.1. The van der Waals surface area contributed by atoms with E-state index in [9.17, 15) is 26.8 Å². The third kappa shape index (κ3) is 4.25. The molecule has 5 atom stereocenters. The minimum atomic E-state index is -5.81. The number of methoxy groups -OCH3 is 1. The van der Waals surface area contributed by atoms with E-state index in [1.165, 1.54) is 0 Å². The van der Waals surface area contributed by atoms with Crippen molar-refractivity contribution in [1.82, 2.24) is 10.4 Å². The highest BCUT2D eigenvalue weighted by molar-refractivity contribution is 7.86. The Morgan fingerprint density at radius 1 is 1.11 bits per heavy atom. The number of nitrogens with one attached hydrogen (secondary N) is 1. The number of pyridine rings is 1. The van der Waals surface area contributed by atoms with Gasteiger partial charge in [-0.1, -0.05) is 36.4 Å². The predicted octanol–water partition coefficient (Wildman–Crippen LogP) is 2.50. The molecule has 2 saturated carbocycles. The van der Waals surface area contributed by atoms with Crippen molar-refractivity contribution in [2.24, 2.45) is 34.7 Å². The Bertz CT molecular complexity index is 1430. The van der Waals surface area contributed by atoms with Gasteiger partial charge >= 0.3 is 27.3 Å². The average molecular weight is 548 g/mol. The van der Waals surface area contributed by atoms with E-state index in [-0.39, 0.29) is 0 Å². The molecular formula is C25H23F2N3O7S. The highest BCUT2D eigenvalue weighted by Crippen LogP contribution is 2.61. The van der Waals surface area contributed by atoms with Crippen LogP contribution in [0.15, 0.2) is 65.4 Å². The van der Waals surface area contributed by atoms with Crippen LogP contribution in [0.2, 0.25) is 0 Å². The number of carbonyl (C=O) groups is 2. The molecule has 2 fully saturated rings. The number of esters is 2. The lowest BCUT2D eigenvalue weighted by molar-refractivity contribution is -0.164. The number of rotatable bonds is 7. The number of alkyl halides is 2. The highest BCUT2D eigenvalue weighted by atomic mass is 32.2. The number of aromatic nitrogens is 1. The van der Waals surface area contributed by atoms with Gasteiger partial charge in [0, 0.05) is 12.1 Å². The maximum Gasteiger partial charge on any atom is 0.402 e. The van der Waals surface area contributed by atoms with Gasteiger partial charge in [-0.15, -0.1) is 0 Å². The zero-order valence-electron chi connectivity index (χ0n) is 20.0. The van der Waals surface area contributed by atoms with Gasteiger partial charge in [-0.3, -0.25) is 24.6 Å². The molecule has 1 aromatic heterocycles. The fourth-order valence-corrected chi connectivity index (χ4v) is 6.04. The summed E-state index contributed by atoms with van der Waals surface area (Å²) in [6.07, 6.45) is 1.92. The minimum Gasteiger partial charge on any atom is -0.469 e. The number of carbonyl (C=O) groups excluding carboxylic acids is 2. The van der Waals surface area contributed by atoms with Crippen LogP contribution in [0.25, 0.3) is 5.70 Å². The second-order valence-corrected chi connectivity index (χ2v) is 10.8. The van der Waals surface area contributed by atoms with Gasteiger partial charge in [0.2, 0.25) is 0 Å². The van der Waals surface area contributed by atoms with Crippen molar-refractivity contribution in [3.8, 4) is 0 Å². The van der Waals surface area contributed by atoms with Crippen molar-refractivity contribution in [1.29, 1.82) is 0 Å². The molecule has 5 unspecified atom stereocenters. The Kier molecular flexibility index (Phi) is 6.51. The van der Waals surface area contributed by atoms with Gasteiger partial charge in [0.1, 0.15) is 0 Å². The molecular weight excluding hydrogens is 524 g/mol. The minimum absolute atomic E-state index is 0.331. The van der Waals surface area contributed by atoms with Crippen LogP contribution in [0.5, 0.6) is 0 Å². The van der Waals surface area contributed by atoms with Crippen molar-refractivity contribution in [3.63, 3.8) is 0 Å². The summed E-state index contributed by atoms with van der Waals surface area (Å²) in [5.41, 5.74) is 6.28. The van der Waals surface area contributed by atoms with Crippen molar-refractivity contribution in [2.75, 3.05) is 13.7 Å². The van der Waals surface area contributed by atoms with E-state index in [2.05, 4.69) is 15.5 Å². The van der Waals surface area contributed by atoms with E-state index in [0.717, 1.165) is 18.2 Å². The first-order chi connectivity index (χ1) is 18.0. The lowest BCUT2D eigenvalue weighted by atomic mass is 9.67. The third-order valence-corrected chi connectivity index (χ3v) is 8.21. The van der Waals surface area contributed by atoms with Crippen LogP contribution < -0.4 is 5.43 Å². The quantitative estimate of drug-likeness (QED) is 0.395. The number of fused-ring (bicyclic) bond motifs is 5. The summed E-state index contributed by atoms with van der Waals surface area (Å²) in [6, 6.07) is 14.5. The number of hydrogen-bond donors (Lipinski definition) is 2. The van der Waals surface area contributed by atoms with Crippen LogP contribution in [-0.4, -0.2) is 54.6 Å². The topological polar surface area (TPSA) is 144 Å². The second-order valence-electron chi connectivity index (χ2n) is 9.30. The van der Waals surface area contributed by atoms with Crippen molar-refractivity contribution >= 4 is 33.5 Å². The molecule has 2 aliphatic carbocycles. The summed E-state index contributed by atoms with van der Waals surface area (Å²) in [5, 5.41) is -0.0959. The van der Waals surface area contributed by atoms with Crippen LogP contribution in [0.4, 0.5) is 8.78 Å². The fraction of sp³-hybridized carbons (Fsp3) is 0.360. The molecule has 2 bridgehead atoms. The molecule has 0 radical (unpaired) electrons. The summed E-state index contributed by atoms with van der Waals surface area (Å²) < 4.78 is 68.1. The molecule has 3 aliphatic rings. The summed E-state index contributed by atoms with van der Waals surface area (Å²) in [7, 11) is -4.65. The number of ether oxygens (including phenoxy) is 2. The van der Waals surface area contributed by atoms with Crippen molar-refractivity contribution in [3.05, 3.63) is 71.6 Å². The monoisotopic (exact) mass is 547 g/mol. The van der Waals surface area contributed by atoms with Crippen LogP contribution in [-0.2, 0) is 29.2 Å². The average Bonchev–Trinajstić information content (AvgIpc) is 3.49. The number of nitrogens with zero attached hydrogens (tertiary/aromatic N) is 2. The molecule has 10 nitrogen and oxygen atoms in total. The molecule has 0 amide bonds. The van der Waals surface area contributed by atoms with E-state index >= 15 is 0 Å². The van der Waals surface area contributed by atoms with Gasteiger partial charge in [0.15, 0.2) is 6.61 Å². The molecule has 0 spiro atoms. The van der Waals surface area contributed by atoms with Crippen LogP contribution in [0.1, 0.15) is 17.7 Å². The molecule has 1 aliphatic heterocycles. The molecule has 1 aromatic carbocycles. The number of allylic oxidation sites excluding steroid dienone is 1. The zero-order chi connectivity index (χ0) is 27.2. The summed E-state index contributed by atoms with van der Waals surface area (Å²) in [6.45, 7) is -1.89. The van der Waals surface area contributed by atoms with Gasteiger partial charge < -0.3 is 9.47 Å². The van der Waals surface area contributed by atoms with Crippen LogP contribution >= 0.6 is 0 Å². The Morgan fingerprint density at radius 3 is 2.45 bits per heavy atom. The number of hydrazone groups is 1. The number of hydrogen-bond acceptors (Lipinski definition) is 9. The van der Waals surface area contributed by atoms with Crippen LogP contribution in [0.3, 0.4) is 0 Å². The van der Waals surface area contributed by atoms with E-state index in [4.69, 9.17) is 14.0 Å². The first kappa shape index (κ1) is 25.9. The summed E-state index contributed by atoms with van der Waals surface area (Å²) in [4.78, 5) is 30.5. The maximum atomic E-state index is 13.8. The normalized spacial score (nSPS) is 26.3. The molecule has 2 N–H and O–H groups in total. The van der Waals surface area contributed by atoms with Gasteiger partial charge in [-0.05, 0) is 41.5 Å². The van der Waals surface area contributed by atoms with Crippen molar-refractivity contribution in [2.45, 2.75) is 11.7 Å². The lowest BCUT2D eigenvalue weighted by Gasteiger charge is -2.38. The van der Waals surface area contributed by atoms with E-state index in [0.29, 0.717) is 23.5 Å². The Hall–Kier alpha value is -3.71. The first-order valence-electron chi connectivity index (χ1n) is 11.7. The molecule has 2 aromatic rings. The van der Waals surface area contributed by atoms with Gasteiger partial charge in [0.05, 0.1) is 36.0 Å². The molecule has 0 saturated heterocycles. The van der Waals surface area contributed by atoms with Gasteiger partial charge in [0.25, 0.3) is 0 Å². The lowest BCUT2D eigenvalue weighted by Crippen LogP contribution is -2.46. The second kappa shape index (κ2) is 9.55. The van der Waals surface area contributed by atoms with Gasteiger partial charge in [-0.2, -0.15) is 22.3 Å². The van der Waals surface area contributed by atoms with E-state index in [1.807, 2.05) is 30.3 Å². The summed E-state index contributed by atoms with van der Waals surface area (Å²) >= 11 is 0. The Labute approximate surface area is 216 Å². The Morgan fingerprint density at radius 2 is 1.82 bits per heavy atom. The number of halogens is 2. The molecule has 2 heterocycles.